The summed E-state index contributed by atoms with van der Waals surface area (Å²) in [6.45, 7) is 2.15. The van der Waals surface area contributed by atoms with Crippen LogP contribution in [0, 0.1) is 0 Å². The molecule has 0 aliphatic rings. The van der Waals surface area contributed by atoms with Crippen molar-refractivity contribution in [1.29, 1.82) is 0 Å². The van der Waals surface area contributed by atoms with Gasteiger partial charge in [0.05, 0.1) is 0 Å². The summed E-state index contributed by atoms with van der Waals surface area (Å²) in [7, 11) is 0. The summed E-state index contributed by atoms with van der Waals surface area (Å²) in [5.74, 6) is 0. The van der Waals surface area contributed by atoms with Gasteiger partial charge in [-0.15, -0.1) is 0 Å². The van der Waals surface area contributed by atoms with Crippen molar-refractivity contribution in [2.45, 2.75) is 24.6 Å². The lowest BCUT2D eigenvalue weighted by Gasteiger charge is -2.04. The molecule has 0 fully saturated rings. The highest BCUT2D eigenvalue weighted by molar-refractivity contribution is 9.09. The molecule has 0 bridgehead atoms. The van der Waals surface area contributed by atoms with Gasteiger partial charge in [-0.3, -0.25) is 0 Å². The van der Waals surface area contributed by atoms with Crippen LogP contribution in [0.5, 0.6) is 0 Å². The van der Waals surface area contributed by atoms with Crippen LogP contribution in [0.2, 0.25) is 5.02 Å². The fourth-order valence-corrected chi connectivity index (χ4v) is 1.51. The van der Waals surface area contributed by atoms with Gasteiger partial charge in [0.1, 0.15) is 0 Å². The Morgan fingerprint density at radius 3 is 2.67 bits per heavy atom. The van der Waals surface area contributed by atoms with E-state index in [1.165, 1.54) is 5.56 Å². The quantitative estimate of drug-likeness (QED) is 0.707. The minimum atomic E-state index is 0.564. The van der Waals surface area contributed by atoms with Gasteiger partial charge < -0.3 is 0 Å². The number of alkyl halides is 1. The fraction of sp³-hybridized carbons (Fsp3) is 0.400. The minimum absolute atomic E-state index is 0.564. The average Bonchev–Trinajstić information content (AvgIpc) is 2.03. The third-order valence-corrected chi connectivity index (χ3v) is 2.60. The molecule has 12 heavy (non-hydrogen) atoms. The van der Waals surface area contributed by atoms with Gasteiger partial charge >= 0.3 is 0 Å². The van der Waals surface area contributed by atoms with Crippen LogP contribution in [0.3, 0.4) is 0 Å². The molecule has 1 aromatic carbocycles. The summed E-state index contributed by atoms with van der Waals surface area (Å²) in [6.07, 6.45) is 2.18. The number of aryl methyl sites for hydroxylation is 1. The molecular formula is C10H12BrCl. The molecule has 1 atom stereocenters. The predicted octanol–water partition coefficient (Wildman–Crippen LogP) is 4.06. The second-order valence-corrected chi connectivity index (χ2v) is 4.88. The molecular weight excluding hydrogens is 235 g/mol. The fourth-order valence-electron chi connectivity index (χ4n) is 1.06. The highest BCUT2D eigenvalue weighted by Crippen LogP contribution is 2.18. The van der Waals surface area contributed by atoms with E-state index in [0.717, 1.165) is 17.9 Å². The third-order valence-electron chi connectivity index (χ3n) is 1.77. The highest BCUT2D eigenvalue weighted by Gasteiger charge is 2.00. The Morgan fingerprint density at radius 1 is 1.42 bits per heavy atom. The van der Waals surface area contributed by atoms with Crippen LogP contribution in [0.15, 0.2) is 24.3 Å². The van der Waals surface area contributed by atoms with Gasteiger partial charge in [-0.25, -0.2) is 0 Å². The Labute approximate surface area is 87.1 Å². The second kappa shape index (κ2) is 4.88. The molecule has 0 saturated carbocycles. The van der Waals surface area contributed by atoms with Crippen LogP contribution in [0.25, 0.3) is 0 Å². The molecule has 0 heterocycles. The van der Waals surface area contributed by atoms with Crippen LogP contribution in [0.1, 0.15) is 18.9 Å². The summed E-state index contributed by atoms with van der Waals surface area (Å²) in [5, 5.41) is 0.880. The van der Waals surface area contributed by atoms with Gasteiger partial charge in [-0.1, -0.05) is 52.7 Å². The molecule has 0 N–H and O–H groups in total. The van der Waals surface area contributed by atoms with E-state index in [2.05, 4.69) is 28.9 Å². The number of hydrogen-bond acceptors (Lipinski definition) is 0. The van der Waals surface area contributed by atoms with Crippen molar-refractivity contribution in [3.05, 3.63) is 34.9 Å². The molecule has 0 spiro atoms. The van der Waals surface area contributed by atoms with E-state index in [-0.39, 0.29) is 0 Å². The standard InChI is InChI=1S/C10H12BrCl/c1-8(11)6-7-9-4-2-3-5-10(9)12/h2-5,8H,6-7H2,1H3. The van der Waals surface area contributed by atoms with E-state index in [1.807, 2.05) is 18.2 Å². The van der Waals surface area contributed by atoms with Gasteiger partial charge in [0.2, 0.25) is 0 Å². The Bertz CT molecular complexity index is 245. The number of halogens is 2. The van der Waals surface area contributed by atoms with Crippen LogP contribution in [-0.2, 0) is 6.42 Å². The van der Waals surface area contributed by atoms with Gasteiger partial charge in [0, 0.05) is 9.85 Å². The monoisotopic (exact) mass is 246 g/mol. The summed E-state index contributed by atoms with van der Waals surface area (Å²) >= 11 is 9.51. The molecule has 1 unspecified atom stereocenters. The second-order valence-electron chi connectivity index (χ2n) is 2.91. The summed E-state index contributed by atoms with van der Waals surface area (Å²) in [5.41, 5.74) is 1.24. The van der Waals surface area contributed by atoms with Crippen molar-refractivity contribution in [3.63, 3.8) is 0 Å². The Balaban J connectivity index is 2.57. The zero-order chi connectivity index (χ0) is 8.97. The van der Waals surface area contributed by atoms with Crippen LogP contribution in [0.4, 0.5) is 0 Å². The number of rotatable bonds is 3. The van der Waals surface area contributed by atoms with Crippen LogP contribution < -0.4 is 0 Å². The maximum atomic E-state index is 5.99. The van der Waals surface area contributed by atoms with Crippen molar-refractivity contribution in [1.82, 2.24) is 0 Å². The summed E-state index contributed by atoms with van der Waals surface area (Å²) in [4.78, 5) is 0.564. The van der Waals surface area contributed by atoms with Crippen molar-refractivity contribution in [2.24, 2.45) is 0 Å². The molecule has 1 rings (SSSR count). The van der Waals surface area contributed by atoms with E-state index < -0.39 is 0 Å². The van der Waals surface area contributed by atoms with Gasteiger partial charge in [-0.2, -0.15) is 0 Å². The zero-order valence-corrected chi connectivity index (χ0v) is 9.40. The maximum Gasteiger partial charge on any atom is 0.0437 e. The SMILES string of the molecule is CC(Br)CCc1ccccc1Cl. The largest absolute Gasteiger partial charge is 0.0894 e. The van der Waals surface area contributed by atoms with Crippen LogP contribution in [-0.4, -0.2) is 4.83 Å². The molecule has 1 aromatic rings. The van der Waals surface area contributed by atoms with E-state index in [0.29, 0.717) is 4.83 Å². The topological polar surface area (TPSA) is 0 Å². The average molecular weight is 248 g/mol. The normalized spacial score (nSPS) is 12.9. The first-order valence-electron chi connectivity index (χ1n) is 4.07. The minimum Gasteiger partial charge on any atom is -0.0894 e. The first kappa shape index (κ1) is 10.1. The molecule has 0 amide bonds. The van der Waals surface area contributed by atoms with Crippen molar-refractivity contribution >= 4 is 27.5 Å². The van der Waals surface area contributed by atoms with Gasteiger partial charge in [0.15, 0.2) is 0 Å². The lowest BCUT2D eigenvalue weighted by atomic mass is 10.1. The van der Waals surface area contributed by atoms with E-state index >= 15 is 0 Å². The summed E-state index contributed by atoms with van der Waals surface area (Å²) in [6, 6.07) is 8.01. The number of benzene rings is 1. The molecule has 0 aromatic heterocycles. The van der Waals surface area contributed by atoms with Crippen LogP contribution >= 0.6 is 27.5 Å². The molecule has 0 radical (unpaired) electrons. The van der Waals surface area contributed by atoms with Gasteiger partial charge in [0.25, 0.3) is 0 Å². The smallest absolute Gasteiger partial charge is 0.0437 e. The number of hydrogen-bond donors (Lipinski definition) is 0. The molecule has 66 valence electrons. The first-order valence-corrected chi connectivity index (χ1v) is 5.37. The van der Waals surface area contributed by atoms with E-state index in [9.17, 15) is 0 Å². The summed E-state index contributed by atoms with van der Waals surface area (Å²) < 4.78 is 0. The Hall–Kier alpha value is -0.0100. The molecule has 2 heteroatoms. The predicted molar refractivity (Wildman–Crippen MR) is 58.2 cm³/mol. The van der Waals surface area contributed by atoms with E-state index in [1.54, 1.807) is 0 Å². The first-order chi connectivity index (χ1) is 5.70. The molecule has 0 nitrogen and oxygen atoms in total. The van der Waals surface area contributed by atoms with Gasteiger partial charge in [-0.05, 0) is 24.5 Å². The van der Waals surface area contributed by atoms with Crippen molar-refractivity contribution in [3.8, 4) is 0 Å². The van der Waals surface area contributed by atoms with Crippen molar-refractivity contribution < 1.29 is 0 Å². The molecule has 0 aliphatic heterocycles. The van der Waals surface area contributed by atoms with Crippen molar-refractivity contribution in [2.75, 3.05) is 0 Å². The highest BCUT2D eigenvalue weighted by atomic mass is 79.9. The Morgan fingerprint density at radius 2 is 2.08 bits per heavy atom. The molecule has 0 saturated heterocycles. The maximum absolute atomic E-state index is 5.99. The zero-order valence-electron chi connectivity index (χ0n) is 7.06. The lowest BCUT2D eigenvalue weighted by Crippen LogP contribution is -1.94. The third kappa shape index (κ3) is 3.16. The Kier molecular flexibility index (Phi) is 4.10. The van der Waals surface area contributed by atoms with E-state index in [4.69, 9.17) is 11.6 Å². The lowest BCUT2D eigenvalue weighted by molar-refractivity contribution is 0.822. The molecule has 0 aliphatic carbocycles.